The molecule has 2 aliphatic rings. The third-order valence-electron chi connectivity index (χ3n) is 5.92. The van der Waals surface area contributed by atoms with Gasteiger partial charge in [-0.05, 0) is 42.2 Å². The number of rotatable bonds is 3. The quantitative estimate of drug-likeness (QED) is 0.390. The second-order valence-electron chi connectivity index (χ2n) is 7.79. The Balaban J connectivity index is 1.65. The van der Waals surface area contributed by atoms with Crippen LogP contribution in [0.3, 0.4) is 0 Å². The largest absolute Gasteiger partial charge is 0.480 e. The predicted molar refractivity (Wildman–Crippen MR) is 123 cm³/mol. The lowest BCUT2D eigenvalue weighted by molar-refractivity contribution is 0.222. The zero-order valence-corrected chi connectivity index (χ0v) is 18.3. The molecule has 0 aliphatic carbocycles. The molecule has 1 aromatic heterocycles. The molecule has 5 nitrogen and oxygen atoms in total. The minimum absolute atomic E-state index is 0.334. The van der Waals surface area contributed by atoms with Crippen molar-refractivity contribution in [2.45, 2.75) is 17.3 Å². The molecule has 3 heterocycles. The molecule has 4 aromatic rings. The highest BCUT2D eigenvalue weighted by atomic mass is 32.2. The van der Waals surface area contributed by atoms with E-state index in [0.29, 0.717) is 22.4 Å². The molecular formula is C25H18F2N4OS. The average Bonchev–Trinajstić information content (AvgIpc) is 3.26. The van der Waals surface area contributed by atoms with Crippen LogP contribution in [0.1, 0.15) is 28.8 Å². The lowest BCUT2D eigenvalue weighted by Crippen LogP contribution is -2.32. The number of nitrogens with one attached hydrogen (secondary N) is 1. The third kappa shape index (κ3) is 3.21. The van der Waals surface area contributed by atoms with Crippen LogP contribution in [0, 0.1) is 11.6 Å². The van der Waals surface area contributed by atoms with Gasteiger partial charge in [-0.15, -0.1) is 5.10 Å². The van der Waals surface area contributed by atoms with Crippen LogP contribution >= 0.6 is 11.8 Å². The smallest absolute Gasteiger partial charge is 0.227 e. The summed E-state index contributed by atoms with van der Waals surface area (Å²) in [6.45, 7) is 0. The van der Waals surface area contributed by atoms with E-state index in [1.165, 1.54) is 30.0 Å². The maximum absolute atomic E-state index is 15.2. The molecule has 0 bridgehead atoms. The lowest BCUT2D eigenvalue weighted by atomic mass is 9.84. The molecule has 0 amide bonds. The van der Waals surface area contributed by atoms with Crippen LogP contribution in [0.5, 0.6) is 5.75 Å². The minimum atomic E-state index is -0.603. The van der Waals surface area contributed by atoms with Gasteiger partial charge in [0.2, 0.25) is 11.1 Å². The van der Waals surface area contributed by atoms with Crippen molar-refractivity contribution < 1.29 is 13.5 Å². The molecule has 0 saturated heterocycles. The summed E-state index contributed by atoms with van der Waals surface area (Å²) < 4.78 is 37.1. The molecule has 8 heteroatoms. The van der Waals surface area contributed by atoms with Gasteiger partial charge in [0.05, 0.1) is 5.70 Å². The second-order valence-corrected chi connectivity index (χ2v) is 8.57. The zero-order valence-electron chi connectivity index (χ0n) is 17.5. The highest BCUT2D eigenvalue weighted by Gasteiger charge is 2.42. The van der Waals surface area contributed by atoms with E-state index in [9.17, 15) is 4.39 Å². The molecule has 1 N–H and O–H groups in total. The van der Waals surface area contributed by atoms with Gasteiger partial charge in [0.1, 0.15) is 29.5 Å². The molecule has 0 fully saturated rings. The van der Waals surface area contributed by atoms with Crippen LogP contribution in [0.2, 0.25) is 0 Å². The number of ether oxygens (including phenoxy) is 1. The Morgan fingerprint density at radius 3 is 2.52 bits per heavy atom. The van der Waals surface area contributed by atoms with E-state index < -0.39 is 12.1 Å². The first-order valence-corrected chi connectivity index (χ1v) is 11.6. The number of fused-ring (bicyclic) bond motifs is 3. The molecule has 0 radical (unpaired) electrons. The van der Waals surface area contributed by atoms with Crippen LogP contribution in [0.15, 0.2) is 83.5 Å². The molecule has 0 saturated carbocycles. The number of halogens is 2. The van der Waals surface area contributed by atoms with E-state index >= 15 is 4.39 Å². The molecule has 0 unspecified atom stereocenters. The van der Waals surface area contributed by atoms with Gasteiger partial charge in [0.15, 0.2) is 0 Å². The zero-order chi connectivity index (χ0) is 22.5. The van der Waals surface area contributed by atoms with Gasteiger partial charge in [-0.2, -0.15) is 4.98 Å². The molecule has 6 rings (SSSR count). The van der Waals surface area contributed by atoms with Gasteiger partial charge in [-0.3, -0.25) is 0 Å². The maximum Gasteiger partial charge on any atom is 0.227 e. The molecule has 3 aromatic carbocycles. The molecule has 164 valence electrons. The van der Waals surface area contributed by atoms with Crippen molar-refractivity contribution in [3.05, 3.63) is 107 Å². The topological polar surface area (TPSA) is 52.0 Å². The summed E-state index contributed by atoms with van der Waals surface area (Å²) >= 11 is 1.41. The van der Waals surface area contributed by atoms with Crippen LogP contribution in [-0.2, 0) is 0 Å². The number of hydrogen-bond donors (Lipinski definition) is 1. The number of aromatic nitrogens is 3. The maximum atomic E-state index is 15.2. The molecular weight excluding hydrogens is 442 g/mol. The van der Waals surface area contributed by atoms with Crippen molar-refractivity contribution in [2.24, 2.45) is 0 Å². The van der Waals surface area contributed by atoms with Crippen molar-refractivity contribution in [3.63, 3.8) is 0 Å². The van der Waals surface area contributed by atoms with Crippen molar-refractivity contribution >= 4 is 23.4 Å². The molecule has 2 aliphatic heterocycles. The van der Waals surface area contributed by atoms with E-state index in [4.69, 9.17) is 4.74 Å². The number of hydrogen-bond acceptors (Lipinski definition) is 5. The summed E-state index contributed by atoms with van der Waals surface area (Å²) in [7, 11) is 0. The lowest BCUT2D eigenvalue weighted by Gasteiger charge is -2.38. The van der Waals surface area contributed by atoms with E-state index in [0.717, 1.165) is 22.4 Å². The summed E-state index contributed by atoms with van der Waals surface area (Å²) in [5, 5.41) is 8.64. The number of para-hydroxylation sites is 1. The van der Waals surface area contributed by atoms with Crippen LogP contribution < -0.4 is 10.1 Å². The standard InChI is InChI=1S/C25H18F2N4OS/c1-33-25-29-24-28-21-17-7-3-5-9-19(17)32-23(14-10-12-15(26)13-11-14)20(21)22(31(24)30-25)16-6-2-4-8-18(16)27/h2-13,22-23H,1H3,(H,28,29,30)/t22-,23+/m0/s1. The summed E-state index contributed by atoms with van der Waals surface area (Å²) in [5.74, 6) is 0.532. The number of thioether (sulfide) groups is 1. The van der Waals surface area contributed by atoms with Crippen molar-refractivity contribution in [1.82, 2.24) is 14.8 Å². The summed E-state index contributed by atoms with van der Waals surface area (Å²) in [6, 6.07) is 19.9. The third-order valence-corrected chi connectivity index (χ3v) is 6.45. The van der Waals surface area contributed by atoms with E-state index in [1.54, 1.807) is 35.0 Å². The van der Waals surface area contributed by atoms with Crippen LogP contribution in [-0.4, -0.2) is 21.0 Å². The fourth-order valence-electron chi connectivity index (χ4n) is 4.45. The number of anilines is 1. The molecule has 33 heavy (non-hydrogen) atoms. The average molecular weight is 461 g/mol. The van der Waals surface area contributed by atoms with Gasteiger partial charge in [0.25, 0.3) is 0 Å². The van der Waals surface area contributed by atoms with E-state index in [1.807, 2.05) is 30.5 Å². The normalized spacial score (nSPS) is 18.6. The van der Waals surface area contributed by atoms with Gasteiger partial charge in [0, 0.05) is 16.7 Å². The fourth-order valence-corrected chi connectivity index (χ4v) is 4.80. The van der Waals surface area contributed by atoms with Gasteiger partial charge in [-0.1, -0.05) is 54.2 Å². The first-order valence-electron chi connectivity index (χ1n) is 10.4. The highest BCUT2D eigenvalue weighted by molar-refractivity contribution is 7.98. The van der Waals surface area contributed by atoms with Gasteiger partial charge in [-0.25, -0.2) is 13.5 Å². The Morgan fingerprint density at radius 1 is 0.970 bits per heavy atom. The molecule has 2 atom stereocenters. The predicted octanol–water partition coefficient (Wildman–Crippen LogP) is 5.84. The Morgan fingerprint density at radius 2 is 1.73 bits per heavy atom. The Labute approximate surface area is 193 Å². The van der Waals surface area contributed by atoms with Crippen molar-refractivity contribution in [3.8, 4) is 5.75 Å². The van der Waals surface area contributed by atoms with E-state index in [2.05, 4.69) is 15.4 Å². The SMILES string of the molecule is CSc1nc2n(n1)[C@@H](c1ccccc1F)C1=C(N2)c2ccccc2O[C@@H]1c1ccc(F)cc1. The summed E-state index contributed by atoms with van der Waals surface area (Å²) in [6.07, 6.45) is 1.31. The molecule has 0 spiro atoms. The van der Waals surface area contributed by atoms with Crippen LogP contribution in [0.4, 0.5) is 14.7 Å². The fraction of sp³-hybridized carbons (Fsp3) is 0.120. The minimum Gasteiger partial charge on any atom is -0.480 e. The summed E-state index contributed by atoms with van der Waals surface area (Å²) in [5.41, 5.74) is 3.66. The summed E-state index contributed by atoms with van der Waals surface area (Å²) in [4.78, 5) is 4.60. The Hall–Kier alpha value is -3.65. The second kappa shape index (κ2) is 7.74. The Bertz CT molecular complexity index is 1400. The highest BCUT2D eigenvalue weighted by Crippen LogP contribution is 2.51. The Kier molecular flexibility index (Phi) is 4.69. The number of nitrogens with zero attached hydrogens (tertiary/aromatic N) is 3. The first kappa shape index (κ1) is 20.0. The first-order chi connectivity index (χ1) is 16.1. The van der Waals surface area contributed by atoms with E-state index in [-0.39, 0.29) is 11.6 Å². The van der Waals surface area contributed by atoms with Gasteiger partial charge < -0.3 is 10.1 Å². The van der Waals surface area contributed by atoms with Crippen molar-refractivity contribution in [1.29, 1.82) is 0 Å². The van der Waals surface area contributed by atoms with Gasteiger partial charge >= 0.3 is 0 Å². The van der Waals surface area contributed by atoms with Crippen molar-refractivity contribution in [2.75, 3.05) is 11.6 Å². The number of benzene rings is 3. The van der Waals surface area contributed by atoms with Crippen LogP contribution in [0.25, 0.3) is 5.70 Å². The monoisotopic (exact) mass is 460 g/mol.